The number of amides is 2. The number of likely N-dealkylation sites (tertiary alicyclic amines) is 1. The molecule has 0 saturated carbocycles. The van der Waals surface area contributed by atoms with Crippen LogP contribution in [-0.2, 0) is 17.9 Å². The first kappa shape index (κ1) is 22.5. The largest absolute Gasteiger partial charge is 0.489 e. The summed E-state index contributed by atoms with van der Waals surface area (Å²) in [5.41, 5.74) is 3.18. The van der Waals surface area contributed by atoms with E-state index in [-0.39, 0.29) is 23.7 Å². The molecule has 1 saturated heterocycles. The van der Waals surface area contributed by atoms with Crippen LogP contribution in [0.15, 0.2) is 66.9 Å². The molecule has 1 aliphatic rings. The molecule has 1 N–H and O–H groups in total. The van der Waals surface area contributed by atoms with Gasteiger partial charge in [0, 0.05) is 25.2 Å². The zero-order valence-electron chi connectivity index (χ0n) is 18.5. The van der Waals surface area contributed by atoms with E-state index in [1.807, 2.05) is 17.0 Å². The van der Waals surface area contributed by atoms with Gasteiger partial charge < -0.3 is 15.0 Å². The van der Waals surface area contributed by atoms with Crippen LogP contribution in [0.2, 0.25) is 0 Å². The summed E-state index contributed by atoms with van der Waals surface area (Å²) in [5, 5.41) is 2.76. The highest BCUT2D eigenvalue weighted by Crippen LogP contribution is 2.33. The summed E-state index contributed by atoms with van der Waals surface area (Å²) >= 11 is 0. The van der Waals surface area contributed by atoms with Crippen molar-refractivity contribution in [1.29, 1.82) is 0 Å². The molecule has 2 heterocycles. The molecule has 1 atom stereocenters. The summed E-state index contributed by atoms with van der Waals surface area (Å²) in [6.07, 6.45) is 3.51. The van der Waals surface area contributed by atoms with Gasteiger partial charge in [0.15, 0.2) is 0 Å². The van der Waals surface area contributed by atoms with Gasteiger partial charge in [-0.05, 0) is 66.4 Å². The fraction of sp³-hybridized carbons (Fsp3) is 0.269. The van der Waals surface area contributed by atoms with Gasteiger partial charge in [-0.2, -0.15) is 0 Å². The number of nitrogens with one attached hydrogen (secondary N) is 1. The van der Waals surface area contributed by atoms with Crippen LogP contribution in [0.5, 0.6) is 5.75 Å². The van der Waals surface area contributed by atoms with Gasteiger partial charge in [0.05, 0.1) is 18.3 Å². The second-order valence-electron chi connectivity index (χ2n) is 8.09. The van der Waals surface area contributed by atoms with Crippen molar-refractivity contribution >= 4 is 11.8 Å². The van der Waals surface area contributed by atoms with E-state index in [0.29, 0.717) is 31.0 Å². The number of rotatable bonds is 7. The number of halogens is 1. The Morgan fingerprint density at radius 2 is 1.97 bits per heavy atom. The van der Waals surface area contributed by atoms with Gasteiger partial charge in [-0.3, -0.25) is 14.6 Å². The first-order chi connectivity index (χ1) is 16.0. The number of carbonyl (C=O) groups excluding carboxylic acids is 2. The van der Waals surface area contributed by atoms with Gasteiger partial charge in [0.1, 0.15) is 18.2 Å². The molecule has 1 aromatic heterocycles. The van der Waals surface area contributed by atoms with Gasteiger partial charge in [-0.1, -0.05) is 18.2 Å². The van der Waals surface area contributed by atoms with Crippen molar-refractivity contribution in [3.63, 3.8) is 0 Å². The molecule has 3 aromatic rings. The number of carbonyl (C=O) groups is 2. The quantitative estimate of drug-likeness (QED) is 0.582. The zero-order valence-corrected chi connectivity index (χ0v) is 18.5. The van der Waals surface area contributed by atoms with E-state index in [1.165, 1.54) is 19.1 Å². The van der Waals surface area contributed by atoms with Crippen molar-refractivity contribution < 1.29 is 18.7 Å². The van der Waals surface area contributed by atoms with Crippen LogP contribution in [0.4, 0.5) is 4.39 Å². The lowest BCUT2D eigenvalue weighted by molar-refractivity contribution is -0.119. The molecule has 1 aliphatic heterocycles. The van der Waals surface area contributed by atoms with Crippen LogP contribution in [0, 0.1) is 5.82 Å². The molecular weight excluding hydrogens is 421 g/mol. The second-order valence-corrected chi connectivity index (χ2v) is 8.09. The third-order valence-corrected chi connectivity index (χ3v) is 5.66. The normalized spacial score (nSPS) is 15.3. The highest BCUT2D eigenvalue weighted by Gasteiger charge is 2.31. The smallest absolute Gasteiger partial charge is 0.254 e. The van der Waals surface area contributed by atoms with Crippen molar-refractivity contribution in [2.24, 2.45) is 0 Å². The van der Waals surface area contributed by atoms with Gasteiger partial charge in [0.2, 0.25) is 5.91 Å². The minimum Gasteiger partial charge on any atom is -0.489 e. The summed E-state index contributed by atoms with van der Waals surface area (Å²) in [7, 11) is 0. The number of hydrogen-bond donors (Lipinski definition) is 1. The number of pyridine rings is 1. The number of hydrogen-bond acceptors (Lipinski definition) is 4. The monoisotopic (exact) mass is 447 g/mol. The summed E-state index contributed by atoms with van der Waals surface area (Å²) in [5.74, 6) is 0.136. The van der Waals surface area contributed by atoms with E-state index >= 15 is 0 Å². The third kappa shape index (κ3) is 5.74. The van der Waals surface area contributed by atoms with Crippen LogP contribution in [0.1, 0.15) is 53.0 Å². The highest BCUT2D eigenvalue weighted by molar-refractivity contribution is 5.95. The molecule has 0 radical (unpaired) electrons. The molecule has 170 valence electrons. The maximum absolute atomic E-state index is 13.4. The van der Waals surface area contributed by atoms with Crippen molar-refractivity contribution in [1.82, 2.24) is 15.2 Å². The SMILES string of the molecule is CC(=O)NCc1cc([C@@H]2CCCN2C(=O)c2cccc(OCc3ccc(F)cc3)c2)ccn1. The van der Waals surface area contributed by atoms with Crippen molar-refractivity contribution in [2.45, 2.75) is 39.0 Å². The van der Waals surface area contributed by atoms with Crippen LogP contribution in [-0.4, -0.2) is 28.2 Å². The van der Waals surface area contributed by atoms with E-state index in [2.05, 4.69) is 10.3 Å². The lowest BCUT2D eigenvalue weighted by Gasteiger charge is -2.25. The Labute approximate surface area is 192 Å². The Hall–Kier alpha value is -3.74. The fourth-order valence-corrected chi connectivity index (χ4v) is 4.00. The Balaban J connectivity index is 1.46. The van der Waals surface area contributed by atoms with E-state index in [0.717, 1.165) is 29.7 Å². The second kappa shape index (κ2) is 10.3. The fourth-order valence-electron chi connectivity index (χ4n) is 4.00. The predicted molar refractivity (Wildman–Crippen MR) is 122 cm³/mol. The summed E-state index contributed by atoms with van der Waals surface area (Å²) in [4.78, 5) is 30.8. The average Bonchev–Trinajstić information content (AvgIpc) is 3.32. The maximum atomic E-state index is 13.4. The third-order valence-electron chi connectivity index (χ3n) is 5.66. The Morgan fingerprint density at radius 1 is 1.15 bits per heavy atom. The minimum absolute atomic E-state index is 0.0413. The van der Waals surface area contributed by atoms with E-state index in [9.17, 15) is 14.0 Å². The molecular formula is C26H26FN3O3. The van der Waals surface area contributed by atoms with Gasteiger partial charge in [-0.25, -0.2) is 4.39 Å². The van der Waals surface area contributed by atoms with Crippen molar-refractivity contribution in [3.05, 3.63) is 95.1 Å². The van der Waals surface area contributed by atoms with Crippen LogP contribution >= 0.6 is 0 Å². The predicted octanol–water partition coefficient (Wildman–Crippen LogP) is 4.41. The van der Waals surface area contributed by atoms with E-state index in [1.54, 1.807) is 42.6 Å². The van der Waals surface area contributed by atoms with E-state index < -0.39 is 0 Å². The molecule has 4 rings (SSSR count). The van der Waals surface area contributed by atoms with Gasteiger partial charge >= 0.3 is 0 Å². The molecule has 0 bridgehead atoms. The van der Waals surface area contributed by atoms with Crippen LogP contribution in [0.3, 0.4) is 0 Å². The summed E-state index contributed by atoms with van der Waals surface area (Å²) in [6.45, 7) is 2.79. The molecule has 0 unspecified atom stereocenters. The van der Waals surface area contributed by atoms with E-state index in [4.69, 9.17) is 4.74 Å². The Morgan fingerprint density at radius 3 is 2.76 bits per heavy atom. The number of aromatic nitrogens is 1. The molecule has 0 aliphatic carbocycles. The van der Waals surface area contributed by atoms with Gasteiger partial charge in [-0.15, -0.1) is 0 Å². The number of ether oxygens (including phenoxy) is 1. The lowest BCUT2D eigenvalue weighted by Crippen LogP contribution is -2.30. The van der Waals surface area contributed by atoms with Crippen LogP contribution in [0.25, 0.3) is 0 Å². The lowest BCUT2D eigenvalue weighted by atomic mass is 10.0. The average molecular weight is 448 g/mol. The highest BCUT2D eigenvalue weighted by atomic mass is 19.1. The first-order valence-electron chi connectivity index (χ1n) is 11.0. The molecule has 7 heteroatoms. The molecule has 2 aromatic carbocycles. The zero-order chi connectivity index (χ0) is 23.2. The topological polar surface area (TPSA) is 71.5 Å². The maximum Gasteiger partial charge on any atom is 0.254 e. The molecule has 33 heavy (non-hydrogen) atoms. The standard InChI is InChI=1S/C26H26FN3O3/c1-18(31)29-16-23-14-20(11-12-28-23)25-6-3-13-30(25)26(32)21-4-2-5-24(15-21)33-17-19-7-9-22(27)10-8-19/h2,4-5,7-12,14-15,25H,3,6,13,16-17H2,1H3,(H,29,31)/t25-/m0/s1. The first-order valence-corrected chi connectivity index (χ1v) is 11.0. The van der Waals surface area contributed by atoms with Crippen molar-refractivity contribution in [3.8, 4) is 5.75 Å². The summed E-state index contributed by atoms with van der Waals surface area (Å²) in [6, 6.07) is 17.1. The molecule has 0 spiro atoms. The Bertz CT molecular complexity index is 1130. The number of nitrogens with zero attached hydrogens (tertiary/aromatic N) is 2. The molecule has 1 fully saturated rings. The summed E-state index contributed by atoms with van der Waals surface area (Å²) < 4.78 is 18.9. The minimum atomic E-state index is -0.289. The molecule has 6 nitrogen and oxygen atoms in total. The Kier molecular flexibility index (Phi) is 6.98. The van der Waals surface area contributed by atoms with Crippen LogP contribution < -0.4 is 10.1 Å². The number of benzene rings is 2. The van der Waals surface area contributed by atoms with Crippen molar-refractivity contribution in [2.75, 3.05) is 6.54 Å². The van der Waals surface area contributed by atoms with Gasteiger partial charge in [0.25, 0.3) is 5.91 Å². The molecule has 2 amide bonds.